The lowest BCUT2D eigenvalue weighted by Crippen LogP contribution is -2.13. The number of nitrogens with one attached hydrogen (secondary N) is 2. The number of hydrogen-bond acceptors (Lipinski definition) is 5. The van der Waals surface area contributed by atoms with Gasteiger partial charge in [0.25, 0.3) is 0 Å². The van der Waals surface area contributed by atoms with Crippen LogP contribution in [0.5, 0.6) is 0 Å². The summed E-state index contributed by atoms with van der Waals surface area (Å²) in [5, 5.41) is 10.9. The van der Waals surface area contributed by atoms with Crippen molar-refractivity contribution in [3.63, 3.8) is 0 Å². The van der Waals surface area contributed by atoms with Crippen LogP contribution in [0.2, 0.25) is 0 Å². The molecule has 0 aliphatic rings. The first-order valence-corrected chi connectivity index (χ1v) is 7.44. The van der Waals surface area contributed by atoms with Crippen molar-refractivity contribution < 1.29 is 0 Å². The monoisotopic (exact) mass is 288 g/mol. The van der Waals surface area contributed by atoms with E-state index in [0.717, 1.165) is 37.1 Å². The van der Waals surface area contributed by atoms with Gasteiger partial charge in [0.1, 0.15) is 17.5 Å². The van der Waals surface area contributed by atoms with E-state index in [4.69, 9.17) is 0 Å². The van der Waals surface area contributed by atoms with Gasteiger partial charge in [-0.25, -0.2) is 9.97 Å². The minimum absolute atomic E-state index is 0.304. The molecule has 2 N–H and O–H groups in total. The predicted molar refractivity (Wildman–Crippen MR) is 85.7 cm³/mol. The van der Waals surface area contributed by atoms with Gasteiger partial charge in [-0.05, 0) is 19.4 Å². The number of anilines is 2. The smallest absolute Gasteiger partial charge is 0.135 e. The minimum Gasteiger partial charge on any atom is -0.370 e. The van der Waals surface area contributed by atoms with Gasteiger partial charge in [-0.15, -0.1) is 0 Å². The highest BCUT2D eigenvalue weighted by Crippen LogP contribution is 2.16. The standard InChI is InChI=1S/C15H24N6/c1-5-16-13-8-14(20-15(19-13)11(2)3)17-6-7-21-10-12(4)9-18-21/h8-11H,5-7H2,1-4H3,(H2,16,17,19,20). The molecule has 2 heterocycles. The Bertz CT molecular complexity index is 575. The molecule has 0 aliphatic carbocycles. The third-order valence-electron chi connectivity index (χ3n) is 3.03. The van der Waals surface area contributed by atoms with Crippen molar-refractivity contribution in [1.29, 1.82) is 0 Å². The number of hydrogen-bond donors (Lipinski definition) is 2. The first-order valence-electron chi connectivity index (χ1n) is 7.44. The van der Waals surface area contributed by atoms with E-state index in [1.807, 2.05) is 30.1 Å². The Morgan fingerprint density at radius 3 is 2.48 bits per heavy atom. The largest absolute Gasteiger partial charge is 0.370 e. The molecule has 0 amide bonds. The average molecular weight is 288 g/mol. The van der Waals surface area contributed by atoms with Crippen molar-refractivity contribution in [3.05, 3.63) is 29.8 Å². The van der Waals surface area contributed by atoms with Crippen LogP contribution in [0.25, 0.3) is 0 Å². The Balaban J connectivity index is 2.00. The van der Waals surface area contributed by atoms with Gasteiger partial charge in [0, 0.05) is 31.3 Å². The highest BCUT2D eigenvalue weighted by molar-refractivity contribution is 5.47. The zero-order chi connectivity index (χ0) is 15.2. The van der Waals surface area contributed by atoms with E-state index in [9.17, 15) is 0 Å². The fourth-order valence-electron chi connectivity index (χ4n) is 1.97. The lowest BCUT2D eigenvalue weighted by Gasteiger charge is -2.12. The number of rotatable bonds is 7. The summed E-state index contributed by atoms with van der Waals surface area (Å²) in [6.45, 7) is 10.7. The molecular weight excluding hydrogens is 264 g/mol. The van der Waals surface area contributed by atoms with Crippen LogP contribution in [-0.4, -0.2) is 32.8 Å². The summed E-state index contributed by atoms with van der Waals surface area (Å²) < 4.78 is 1.93. The Morgan fingerprint density at radius 2 is 1.90 bits per heavy atom. The Kier molecular flexibility index (Phi) is 5.14. The molecule has 21 heavy (non-hydrogen) atoms. The SMILES string of the molecule is CCNc1cc(NCCn2cc(C)cn2)nc(C(C)C)n1. The van der Waals surface area contributed by atoms with Crippen LogP contribution in [0.1, 0.15) is 38.1 Å². The van der Waals surface area contributed by atoms with Gasteiger partial charge in [-0.3, -0.25) is 4.68 Å². The molecular formula is C15H24N6. The molecule has 0 saturated carbocycles. The summed E-state index contributed by atoms with van der Waals surface area (Å²) in [7, 11) is 0. The van der Waals surface area contributed by atoms with E-state index in [0.29, 0.717) is 5.92 Å². The third-order valence-corrected chi connectivity index (χ3v) is 3.03. The Morgan fingerprint density at radius 1 is 1.19 bits per heavy atom. The maximum absolute atomic E-state index is 4.56. The van der Waals surface area contributed by atoms with Crippen molar-refractivity contribution >= 4 is 11.6 Å². The van der Waals surface area contributed by atoms with Crippen molar-refractivity contribution in [2.75, 3.05) is 23.7 Å². The van der Waals surface area contributed by atoms with Gasteiger partial charge in [0.2, 0.25) is 0 Å². The van der Waals surface area contributed by atoms with Gasteiger partial charge in [-0.2, -0.15) is 5.10 Å². The maximum Gasteiger partial charge on any atom is 0.135 e. The number of aryl methyl sites for hydroxylation is 1. The molecule has 0 aromatic carbocycles. The van der Waals surface area contributed by atoms with Gasteiger partial charge < -0.3 is 10.6 Å². The number of aromatic nitrogens is 4. The van der Waals surface area contributed by atoms with Crippen LogP contribution in [0.3, 0.4) is 0 Å². The molecule has 2 aromatic rings. The lowest BCUT2D eigenvalue weighted by molar-refractivity contribution is 0.636. The first kappa shape index (κ1) is 15.3. The van der Waals surface area contributed by atoms with Crippen molar-refractivity contribution in [2.24, 2.45) is 0 Å². The van der Waals surface area contributed by atoms with Gasteiger partial charge in [0.05, 0.1) is 12.7 Å². The summed E-state index contributed by atoms with van der Waals surface area (Å²) in [6, 6.07) is 1.95. The molecule has 0 fully saturated rings. The molecule has 6 nitrogen and oxygen atoms in total. The van der Waals surface area contributed by atoms with Crippen LogP contribution in [0.15, 0.2) is 18.5 Å². The van der Waals surface area contributed by atoms with Crippen LogP contribution < -0.4 is 10.6 Å². The molecule has 2 aromatic heterocycles. The van der Waals surface area contributed by atoms with Crippen LogP contribution in [-0.2, 0) is 6.54 Å². The predicted octanol–water partition coefficient (Wildman–Crippen LogP) is 2.65. The summed E-state index contributed by atoms with van der Waals surface area (Å²) in [5.74, 6) is 2.88. The number of nitrogens with zero attached hydrogens (tertiary/aromatic N) is 4. The molecule has 0 saturated heterocycles. The summed E-state index contributed by atoms with van der Waals surface area (Å²) >= 11 is 0. The zero-order valence-corrected chi connectivity index (χ0v) is 13.2. The van der Waals surface area contributed by atoms with E-state index >= 15 is 0 Å². The zero-order valence-electron chi connectivity index (χ0n) is 13.2. The van der Waals surface area contributed by atoms with E-state index in [2.05, 4.69) is 46.5 Å². The molecule has 0 spiro atoms. The van der Waals surface area contributed by atoms with Gasteiger partial charge in [0.15, 0.2) is 0 Å². The van der Waals surface area contributed by atoms with Crippen molar-refractivity contribution in [1.82, 2.24) is 19.7 Å². The quantitative estimate of drug-likeness (QED) is 0.820. The van der Waals surface area contributed by atoms with Crippen molar-refractivity contribution in [3.8, 4) is 0 Å². The molecule has 0 atom stereocenters. The lowest BCUT2D eigenvalue weighted by atomic mass is 10.2. The fraction of sp³-hybridized carbons (Fsp3) is 0.533. The Hall–Kier alpha value is -2.11. The molecule has 6 heteroatoms. The van der Waals surface area contributed by atoms with Gasteiger partial charge in [-0.1, -0.05) is 13.8 Å². The highest BCUT2D eigenvalue weighted by atomic mass is 15.3. The summed E-state index contributed by atoms with van der Waals surface area (Å²) in [4.78, 5) is 9.07. The second-order valence-corrected chi connectivity index (χ2v) is 5.39. The van der Waals surface area contributed by atoms with E-state index in [-0.39, 0.29) is 0 Å². The fourth-order valence-corrected chi connectivity index (χ4v) is 1.97. The van der Waals surface area contributed by atoms with Crippen LogP contribution in [0.4, 0.5) is 11.6 Å². The first-order chi connectivity index (χ1) is 10.1. The molecule has 2 rings (SSSR count). The molecule has 0 bridgehead atoms. The second kappa shape index (κ2) is 7.06. The second-order valence-electron chi connectivity index (χ2n) is 5.39. The van der Waals surface area contributed by atoms with Crippen LogP contribution >= 0.6 is 0 Å². The third kappa shape index (κ3) is 4.44. The molecule has 0 radical (unpaired) electrons. The minimum atomic E-state index is 0.304. The Labute approximate surface area is 126 Å². The van der Waals surface area contributed by atoms with Crippen molar-refractivity contribution in [2.45, 2.75) is 40.2 Å². The van der Waals surface area contributed by atoms with Gasteiger partial charge >= 0.3 is 0 Å². The average Bonchev–Trinajstić information content (AvgIpc) is 2.84. The van der Waals surface area contributed by atoms with E-state index in [1.54, 1.807) is 0 Å². The van der Waals surface area contributed by atoms with Crippen LogP contribution in [0, 0.1) is 6.92 Å². The van der Waals surface area contributed by atoms with E-state index in [1.165, 1.54) is 5.56 Å². The molecule has 0 aliphatic heterocycles. The normalized spacial score (nSPS) is 10.9. The highest BCUT2D eigenvalue weighted by Gasteiger charge is 2.07. The summed E-state index contributed by atoms with van der Waals surface area (Å²) in [6.07, 6.45) is 3.90. The van der Waals surface area contributed by atoms with E-state index < -0.39 is 0 Å². The molecule has 0 unspecified atom stereocenters. The summed E-state index contributed by atoms with van der Waals surface area (Å²) in [5.41, 5.74) is 1.17. The topological polar surface area (TPSA) is 67.7 Å². The maximum atomic E-state index is 4.56. The molecule has 114 valence electrons.